The van der Waals surface area contributed by atoms with Crippen molar-refractivity contribution in [2.24, 2.45) is 21.8 Å². The fourth-order valence-corrected chi connectivity index (χ4v) is 2.90. The lowest BCUT2D eigenvalue weighted by Gasteiger charge is -2.39. The third-order valence-electron chi connectivity index (χ3n) is 4.24. The molecule has 2 rings (SSSR count). The SMILES string of the molecule is COC1=NC2CC([N+](=O)[O-])C(C)C(C)C2N=C1OC. The highest BCUT2D eigenvalue weighted by Gasteiger charge is 2.48. The molecule has 0 aromatic heterocycles. The van der Waals surface area contributed by atoms with Crippen LogP contribution in [0, 0.1) is 22.0 Å². The van der Waals surface area contributed by atoms with Gasteiger partial charge in [0.15, 0.2) is 0 Å². The van der Waals surface area contributed by atoms with Crippen LogP contribution in [0.25, 0.3) is 0 Å². The van der Waals surface area contributed by atoms with Crippen LogP contribution >= 0.6 is 0 Å². The van der Waals surface area contributed by atoms with Crippen molar-refractivity contribution < 1.29 is 14.4 Å². The Bertz CT molecular complexity index is 435. The van der Waals surface area contributed by atoms with Gasteiger partial charge in [-0.1, -0.05) is 13.8 Å². The van der Waals surface area contributed by atoms with Crippen LogP contribution in [-0.4, -0.2) is 49.1 Å². The normalized spacial score (nSPS) is 37.8. The van der Waals surface area contributed by atoms with Crippen molar-refractivity contribution in [3.05, 3.63) is 10.1 Å². The van der Waals surface area contributed by atoms with Gasteiger partial charge < -0.3 is 9.47 Å². The van der Waals surface area contributed by atoms with Crippen LogP contribution in [0.5, 0.6) is 0 Å². The third-order valence-corrected chi connectivity index (χ3v) is 4.24. The Morgan fingerprint density at radius 2 is 1.74 bits per heavy atom. The first-order valence-corrected chi connectivity index (χ1v) is 6.37. The number of aliphatic imine (C=N–C) groups is 2. The molecule has 1 fully saturated rings. The van der Waals surface area contributed by atoms with E-state index >= 15 is 0 Å². The molecule has 106 valence electrons. The summed E-state index contributed by atoms with van der Waals surface area (Å²) >= 11 is 0. The van der Waals surface area contributed by atoms with Crippen LogP contribution in [0.2, 0.25) is 0 Å². The van der Waals surface area contributed by atoms with E-state index in [1.54, 1.807) is 0 Å². The second-order valence-electron chi connectivity index (χ2n) is 5.14. The largest absolute Gasteiger partial charge is 0.477 e. The molecule has 0 amide bonds. The van der Waals surface area contributed by atoms with Crippen molar-refractivity contribution in [3.63, 3.8) is 0 Å². The van der Waals surface area contributed by atoms with E-state index in [-0.39, 0.29) is 28.8 Å². The van der Waals surface area contributed by atoms with Gasteiger partial charge >= 0.3 is 0 Å². The summed E-state index contributed by atoms with van der Waals surface area (Å²) in [6, 6.07) is -0.840. The molecule has 1 saturated carbocycles. The number of ether oxygens (including phenoxy) is 2. The van der Waals surface area contributed by atoms with Crippen molar-refractivity contribution in [1.29, 1.82) is 0 Å². The number of nitro groups is 1. The van der Waals surface area contributed by atoms with Crippen molar-refractivity contribution in [3.8, 4) is 0 Å². The van der Waals surface area contributed by atoms with E-state index in [1.807, 2.05) is 13.8 Å². The zero-order valence-corrected chi connectivity index (χ0v) is 11.6. The zero-order valence-electron chi connectivity index (χ0n) is 11.6. The number of rotatable bonds is 1. The van der Waals surface area contributed by atoms with Gasteiger partial charge in [0.2, 0.25) is 6.04 Å². The highest BCUT2D eigenvalue weighted by atomic mass is 16.6. The first kappa shape index (κ1) is 13.8. The lowest BCUT2D eigenvalue weighted by molar-refractivity contribution is -0.537. The molecule has 1 heterocycles. The van der Waals surface area contributed by atoms with Crippen LogP contribution < -0.4 is 0 Å². The second kappa shape index (κ2) is 5.14. The quantitative estimate of drug-likeness (QED) is 0.527. The Morgan fingerprint density at radius 3 is 2.26 bits per heavy atom. The lowest BCUT2D eigenvalue weighted by atomic mass is 9.72. The van der Waals surface area contributed by atoms with Gasteiger partial charge in [0.1, 0.15) is 0 Å². The highest BCUT2D eigenvalue weighted by molar-refractivity contribution is 6.35. The van der Waals surface area contributed by atoms with Gasteiger partial charge in [-0.15, -0.1) is 0 Å². The average molecular weight is 269 g/mol. The van der Waals surface area contributed by atoms with Gasteiger partial charge in [0, 0.05) is 17.3 Å². The van der Waals surface area contributed by atoms with Gasteiger partial charge in [-0.2, -0.15) is 0 Å². The van der Waals surface area contributed by atoms with Crippen molar-refractivity contribution in [2.45, 2.75) is 38.4 Å². The minimum absolute atomic E-state index is 0.0302. The number of hydrogen-bond donors (Lipinski definition) is 0. The molecule has 0 N–H and O–H groups in total. The number of hydrogen-bond acceptors (Lipinski definition) is 6. The summed E-state index contributed by atoms with van der Waals surface area (Å²) in [5.74, 6) is 0.758. The molecule has 19 heavy (non-hydrogen) atoms. The summed E-state index contributed by atoms with van der Waals surface area (Å²) in [5.41, 5.74) is 0. The molecule has 0 aromatic rings. The van der Waals surface area contributed by atoms with E-state index in [1.165, 1.54) is 14.2 Å². The van der Waals surface area contributed by atoms with Crippen LogP contribution in [0.4, 0.5) is 0 Å². The van der Waals surface area contributed by atoms with Crippen LogP contribution in [0.3, 0.4) is 0 Å². The molecule has 1 aliphatic heterocycles. The zero-order chi connectivity index (χ0) is 14.2. The summed E-state index contributed by atoms with van der Waals surface area (Å²) in [4.78, 5) is 19.9. The summed E-state index contributed by atoms with van der Waals surface area (Å²) < 4.78 is 10.3. The predicted molar refractivity (Wildman–Crippen MR) is 70.2 cm³/mol. The number of methoxy groups -OCH3 is 2. The lowest BCUT2D eigenvalue weighted by Crippen LogP contribution is -2.51. The standard InChI is InChI=1S/C12H19N3O4/c1-6-7(2)10-8(5-9(6)15(16)17)13-11(18-3)12(14-10)19-4/h6-10H,5H2,1-4H3. The maximum Gasteiger partial charge on any atom is 0.273 e. The van der Waals surface area contributed by atoms with E-state index in [0.717, 1.165) is 0 Å². The fraction of sp³-hybridized carbons (Fsp3) is 0.833. The smallest absolute Gasteiger partial charge is 0.273 e. The summed E-state index contributed by atoms with van der Waals surface area (Å²) in [6.45, 7) is 3.90. The fourth-order valence-electron chi connectivity index (χ4n) is 2.90. The van der Waals surface area contributed by atoms with Gasteiger partial charge in [-0.25, -0.2) is 9.98 Å². The highest BCUT2D eigenvalue weighted by Crippen LogP contribution is 2.36. The van der Waals surface area contributed by atoms with Gasteiger partial charge in [-0.05, 0) is 5.92 Å². The van der Waals surface area contributed by atoms with Crippen molar-refractivity contribution in [2.75, 3.05) is 14.2 Å². The molecule has 7 heteroatoms. The Balaban J connectivity index is 2.30. The topological polar surface area (TPSA) is 86.3 Å². The van der Waals surface area contributed by atoms with Gasteiger partial charge in [0.25, 0.3) is 11.8 Å². The van der Waals surface area contributed by atoms with E-state index in [9.17, 15) is 10.1 Å². The molecule has 5 atom stereocenters. The molecule has 0 saturated heterocycles. The van der Waals surface area contributed by atoms with E-state index in [4.69, 9.17) is 9.47 Å². The average Bonchev–Trinajstić information content (AvgIpc) is 2.41. The predicted octanol–water partition coefficient (Wildman–Crippen LogP) is 1.15. The monoisotopic (exact) mass is 269 g/mol. The van der Waals surface area contributed by atoms with E-state index in [2.05, 4.69) is 9.98 Å². The molecular weight excluding hydrogens is 250 g/mol. The summed E-state index contributed by atoms with van der Waals surface area (Å²) in [7, 11) is 3.01. The Morgan fingerprint density at radius 1 is 1.16 bits per heavy atom. The molecule has 0 aromatic carbocycles. The first-order chi connectivity index (χ1) is 8.99. The summed E-state index contributed by atoms with van der Waals surface area (Å²) in [6.07, 6.45) is 0.399. The number of nitrogens with zero attached hydrogens (tertiary/aromatic N) is 3. The van der Waals surface area contributed by atoms with Gasteiger partial charge in [0.05, 0.1) is 26.3 Å². The van der Waals surface area contributed by atoms with Crippen LogP contribution in [-0.2, 0) is 9.47 Å². The summed E-state index contributed by atoms with van der Waals surface area (Å²) in [5, 5.41) is 11.1. The number of fused-ring (bicyclic) bond motifs is 1. The first-order valence-electron chi connectivity index (χ1n) is 6.37. The van der Waals surface area contributed by atoms with Crippen molar-refractivity contribution in [1.82, 2.24) is 0 Å². The van der Waals surface area contributed by atoms with Crippen LogP contribution in [0.1, 0.15) is 20.3 Å². The molecule has 2 aliphatic rings. The molecule has 5 unspecified atom stereocenters. The maximum atomic E-state index is 11.1. The minimum atomic E-state index is -0.572. The van der Waals surface area contributed by atoms with E-state index in [0.29, 0.717) is 18.2 Å². The molecule has 7 nitrogen and oxygen atoms in total. The maximum absolute atomic E-state index is 11.1. The minimum Gasteiger partial charge on any atom is -0.477 e. The Labute approximate surface area is 111 Å². The second-order valence-corrected chi connectivity index (χ2v) is 5.14. The molecule has 0 spiro atoms. The molecular formula is C12H19N3O4. The Hall–Kier alpha value is -1.66. The van der Waals surface area contributed by atoms with Crippen molar-refractivity contribution >= 4 is 11.8 Å². The Kier molecular flexibility index (Phi) is 3.73. The van der Waals surface area contributed by atoms with Gasteiger partial charge in [-0.3, -0.25) is 10.1 Å². The third kappa shape index (κ3) is 2.29. The van der Waals surface area contributed by atoms with E-state index < -0.39 is 6.04 Å². The molecule has 1 aliphatic carbocycles. The molecule has 0 radical (unpaired) electrons. The molecule has 0 bridgehead atoms. The van der Waals surface area contributed by atoms with Crippen LogP contribution in [0.15, 0.2) is 9.98 Å².